The fourth-order valence-electron chi connectivity index (χ4n) is 3.31. The summed E-state index contributed by atoms with van der Waals surface area (Å²) < 4.78 is 13.7. The van der Waals surface area contributed by atoms with E-state index in [1.807, 2.05) is 4.90 Å². The van der Waals surface area contributed by atoms with E-state index in [1.165, 1.54) is 28.7 Å². The first-order chi connectivity index (χ1) is 14.4. The van der Waals surface area contributed by atoms with Gasteiger partial charge in [-0.15, -0.1) is 5.10 Å². The van der Waals surface area contributed by atoms with Crippen molar-refractivity contribution in [3.63, 3.8) is 0 Å². The average molecular weight is 408 g/mol. The van der Waals surface area contributed by atoms with E-state index in [0.717, 1.165) is 24.2 Å². The molecule has 30 heavy (non-hydrogen) atoms. The summed E-state index contributed by atoms with van der Waals surface area (Å²) in [7, 11) is 1.73. The summed E-state index contributed by atoms with van der Waals surface area (Å²) in [6.45, 7) is 5.03. The van der Waals surface area contributed by atoms with Crippen LogP contribution in [0.2, 0.25) is 0 Å². The van der Waals surface area contributed by atoms with Crippen LogP contribution in [0.5, 0.6) is 0 Å². The van der Waals surface area contributed by atoms with Crippen molar-refractivity contribution in [1.82, 2.24) is 30.2 Å². The molecule has 9 nitrogen and oxygen atoms in total. The first kappa shape index (κ1) is 19.6. The number of nitrogens with zero attached hydrogens (tertiary/aromatic N) is 7. The van der Waals surface area contributed by atoms with E-state index in [1.54, 1.807) is 26.2 Å². The molecule has 1 N–H and O–H groups in total. The number of benzene rings is 1. The molecule has 0 spiro atoms. The molecule has 1 aliphatic heterocycles. The van der Waals surface area contributed by atoms with Crippen molar-refractivity contribution >= 4 is 23.2 Å². The van der Waals surface area contributed by atoms with Crippen LogP contribution in [-0.2, 0) is 7.05 Å². The Bertz CT molecular complexity index is 1120. The molecule has 0 saturated carbocycles. The number of halogens is 1. The Morgan fingerprint density at radius 2 is 2.03 bits per heavy atom. The number of anilines is 2. The predicted molar refractivity (Wildman–Crippen MR) is 109 cm³/mol. The molecule has 0 fully saturated rings. The van der Waals surface area contributed by atoms with Crippen molar-refractivity contribution in [3.8, 4) is 0 Å². The molecule has 1 amide bonds. The summed E-state index contributed by atoms with van der Waals surface area (Å²) in [5.74, 6) is 0.0201. The lowest BCUT2D eigenvalue weighted by Gasteiger charge is -2.28. The van der Waals surface area contributed by atoms with Gasteiger partial charge in [0, 0.05) is 18.7 Å². The lowest BCUT2D eigenvalue weighted by molar-refractivity contribution is 0.102. The van der Waals surface area contributed by atoms with Crippen LogP contribution < -0.4 is 10.2 Å². The summed E-state index contributed by atoms with van der Waals surface area (Å²) >= 11 is 0. The van der Waals surface area contributed by atoms with Crippen LogP contribution in [0.25, 0.3) is 5.57 Å². The predicted octanol–water partition coefficient (Wildman–Crippen LogP) is 2.38. The lowest BCUT2D eigenvalue weighted by atomic mass is 9.99. The molecule has 0 unspecified atom stereocenters. The Labute approximate surface area is 172 Å². The van der Waals surface area contributed by atoms with Crippen LogP contribution in [0.1, 0.15) is 35.0 Å². The Morgan fingerprint density at radius 3 is 2.73 bits per heavy atom. The fourth-order valence-corrected chi connectivity index (χ4v) is 3.31. The van der Waals surface area contributed by atoms with E-state index in [0.29, 0.717) is 23.9 Å². The first-order valence-electron chi connectivity index (χ1n) is 9.49. The SMILES string of the molecule is CC1=C(c2cnc(NC(=O)c3cccc(F)c3C)cn2)CN(c2nnn(C)n2)CC1. The zero-order chi connectivity index (χ0) is 21.3. The topological polar surface area (TPSA) is 102 Å². The molecule has 0 saturated heterocycles. The van der Waals surface area contributed by atoms with Crippen LogP contribution in [0.4, 0.5) is 16.2 Å². The zero-order valence-corrected chi connectivity index (χ0v) is 16.9. The van der Waals surface area contributed by atoms with E-state index in [4.69, 9.17) is 0 Å². The minimum atomic E-state index is -0.429. The van der Waals surface area contributed by atoms with Gasteiger partial charge in [0.05, 0.1) is 25.1 Å². The second kappa shape index (κ2) is 7.97. The molecule has 2 aromatic heterocycles. The highest BCUT2D eigenvalue weighted by molar-refractivity contribution is 6.04. The van der Waals surface area contributed by atoms with Crippen molar-refractivity contribution in [3.05, 3.63) is 58.8 Å². The second-order valence-corrected chi connectivity index (χ2v) is 7.16. The molecule has 4 rings (SSSR count). The van der Waals surface area contributed by atoms with Gasteiger partial charge in [-0.1, -0.05) is 16.7 Å². The van der Waals surface area contributed by atoms with Crippen molar-refractivity contribution in [2.24, 2.45) is 7.05 Å². The minimum Gasteiger partial charge on any atom is -0.333 e. The van der Waals surface area contributed by atoms with Gasteiger partial charge in [0.25, 0.3) is 11.9 Å². The van der Waals surface area contributed by atoms with Crippen molar-refractivity contribution in [2.75, 3.05) is 23.3 Å². The number of tetrazole rings is 1. The maximum absolute atomic E-state index is 13.7. The van der Waals surface area contributed by atoms with Gasteiger partial charge in [0.2, 0.25) is 0 Å². The molecule has 154 valence electrons. The first-order valence-corrected chi connectivity index (χ1v) is 9.49. The highest BCUT2D eigenvalue weighted by Crippen LogP contribution is 2.27. The number of nitrogens with one attached hydrogen (secondary N) is 1. The van der Waals surface area contributed by atoms with Gasteiger partial charge < -0.3 is 10.2 Å². The number of aromatic nitrogens is 6. The third kappa shape index (κ3) is 3.88. The number of carbonyl (C=O) groups is 1. The minimum absolute atomic E-state index is 0.263. The molecule has 0 atom stereocenters. The maximum atomic E-state index is 13.7. The number of amides is 1. The third-order valence-corrected chi connectivity index (χ3v) is 5.12. The van der Waals surface area contributed by atoms with Gasteiger partial charge in [-0.25, -0.2) is 9.37 Å². The molecule has 3 heterocycles. The van der Waals surface area contributed by atoms with Crippen molar-refractivity contribution in [1.29, 1.82) is 0 Å². The van der Waals surface area contributed by atoms with Gasteiger partial charge in [-0.05, 0) is 48.8 Å². The van der Waals surface area contributed by atoms with Gasteiger partial charge in [0.1, 0.15) is 5.82 Å². The number of rotatable bonds is 4. The molecule has 0 aliphatic carbocycles. The molecule has 1 aliphatic rings. The summed E-state index contributed by atoms with van der Waals surface area (Å²) in [6, 6.07) is 4.39. The van der Waals surface area contributed by atoms with Crippen LogP contribution in [0.15, 0.2) is 36.2 Å². The number of aryl methyl sites for hydroxylation is 1. The van der Waals surface area contributed by atoms with E-state index < -0.39 is 11.7 Å². The smallest absolute Gasteiger partial charge is 0.266 e. The van der Waals surface area contributed by atoms with Crippen LogP contribution in [0.3, 0.4) is 0 Å². The molecule has 0 radical (unpaired) electrons. The largest absolute Gasteiger partial charge is 0.333 e. The summed E-state index contributed by atoms with van der Waals surface area (Å²) in [5, 5.41) is 14.9. The van der Waals surface area contributed by atoms with Gasteiger partial charge in [-0.3, -0.25) is 9.78 Å². The quantitative estimate of drug-likeness (QED) is 0.707. The highest BCUT2D eigenvalue weighted by atomic mass is 19.1. The molecular formula is C20H21FN8O. The Balaban J connectivity index is 1.50. The fraction of sp³-hybridized carbons (Fsp3) is 0.300. The van der Waals surface area contributed by atoms with Crippen molar-refractivity contribution in [2.45, 2.75) is 20.3 Å². The average Bonchev–Trinajstić information content (AvgIpc) is 3.17. The van der Waals surface area contributed by atoms with Gasteiger partial charge in [-0.2, -0.15) is 4.80 Å². The number of hydrogen-bond donors (Lipinski definition) is 1. The maximum Gasteiger partial charge on any atom is 0.266 e. The number of hydrogen-bond acceptors (Lipinski definition) is 7. The Hall–Kier alpha value is -3.69. The Morgan fingerprint density at radius 1 is 1.20 bits per heavy atom. The van der Waals surface area contributed by atoms with E-state index in [2.05, 4.69) is 37.6 Å². The van der Waals surface area contributed by atoms with Gasteiger partial charge >= 0.3 is 0 Å². The molecule has 0 bridgehead atoms. The molecule has 1 aromatic carbocycles. The third-order valence-electron chi connectivity index (χ3n) is 5.12. The van der Waals surface area contributed by atoms with E-state index in [9.17, 15) is 9.18 Å². The molecular weight excluding hydrogens is 387 g/mol. The number of carbonyl (C=O) groups excluding carboxylic acids is 1. The zero-order valence-electron chi connectivity index (χ0n) is 16.9. The molecule has 3 aromatic rings. The normalized spacial score (nSPS) is 14.2. The standard InChI is InChI=1S/C20H21FN8O/c1-12-7-8-29(20-25-27-28(3)26-20)11-15(12)17-9-23-18(10-22-17)24-19(30)14-5-4-6-16(21)13(14)2/h4-6,9-10H,7-8,11H2,1-3H3,(H,23,24,30). The van der Waals surface area contributed by atoms with E-state index in [-0.39, 0.29) is 5.56 Å². The van der Waals surface area contributed by atoms with Crippen LogP contribution in [-0.4, -0.2) is 49.2 Å². The monoisotopic (exact) mass is 408 g/mol. The summed E-state index contributed by atoms with van der Waals surface area (Å²) in [6.07, 6.45) is 3.98. The van der Waals surface area contributed by atoms with Crippen LogP contribution in [0, 0.1) is 12.7 Å². The summed E-state index contributed by atoms with van der Waals surface area (Å²) in [5.41, 5.74) is 3.54. The summed E-state index contributed by atoms with van der Waals surface area (Å²) in [4.78, 5) is 24.7. The lowest BCUT2D eigenvalue weighted by Crippen LogP contribution is -2.32. The van der Waals surface area contributed by atoms with Crippen LogP contribution >= 0.6 is 0 Å². The van der Waals surface area contributed by atoms with E-state index >= 15 is 0 Å². The van der Waals surface area contributed by atoms with Gasteiger partial charge in [0.15, 0.2) is 5.82 Å². The highest BCUT2D eigenvalue weighted by Gasteiger charge is 2.22. The second-order valence-electron chi connectivity index (χ2n) is 7.16. The Kier molecular flexibility index (Phi) is 5.21. The van der Waals surface area contributed by atoms with Crippen molar-refractivity contribution < 1.29 is 9.18 Å². The molecule has 10 heteroatoms.